The van der Waals surface area contributed by atoms with Gasteiger partial charge in [-0.2, -0.15) is 5.26 Å². The lowest BCUT2D eigenvalue weighted by Crippen LogP contribution is -1.98. The van der Waals surface area contributed by atoms with Crippen LogP contribution in [0.3, 0.4) is 0 Å². The normalized spacial score (nSPS) is 9.45. The Kier molecular flexibility index (Phi) is 4.06. The zero-order chi connectivity index (χ0) is 14.5. The number of aromatic nitrogens is 1. The minimum Gasteiger partial charge on any atom is -0.339 e. The summed E-state index contributed by atoms with van der Waals surface area (Å²) in [6, 6.07) is 11.2. The predicted molar refractivity (Wildman–Crippen MR) is 77.2 cm³/mol. The number of nitrogens with zero attached hydrogens (tertiary/aromatic N) is 5. The monoisotopic (exact) mass is 284 g/mol. The van der Waals surface area contributed by atoms with Crippen LogP contribution in [0.2, 0.25) is 5.02 Å². The van der Waals surface area contributed by atoms with Crippen molar-refractivity contribution < 1.29 is 0 Å². The number of azide groups is 1. The number of pyridine rings is 1. The van der Waals surface area contributed by atoms with E-state index in [1.165, 1.54) is 0 Å². The Morgan fingerprint density at radius 1 is 1.40 bits per heavy atom. The van der Waals surface area contributed by atoms with E-state index in [1.807, 2.05) is 36.4 Å². The third-order valence-electron chi connectivity index (χ3n) is 2.64. The Hall–Kier alpha value is -2.74. The summed E-state index contributed by atoms with van der Waals surface area (Å²) < 4.78 is 0. The van der Waals surface area contributed by atoms with E-state index in [2.05, 4.69) is 20.3 Å². The van der Waals surface area contributed by atoms with Crippen LogP contribution >= 0.6 is 11.6 Å². The second-order valence-corrected chi connectivity index (χ2v) is 4.27. The largest absolute Gasteiger partial charge is 0.339 e. The molecule has 1 aromatic heterocycles. The third-order valence-corrected chi connectivity index (χ3v) is 3.10. The van der Waals surface area contributed by atoms with Gasteiger partial charge < -0.3 is 5.32 Å². The van der Waals surface area contributed by atoms with Gasteiger partial charge in [-0.3, -0.25) is 0 Å². The molecule has 0 saturated carbocycles. The molecule has 0 spiro atoms. The van der Waals surface area contributed by atoms with E-state index in [0.717, 1.165) is 5.69 Å². The van der Waals surface area contributed by atoms with Crippen LogP contribution < -0.4 is 5.32 Å². The Labute approximate surface area is 120 Å². The summed E-state index contributed by atoms with van der Waals surface area (Å²) in [5, 5.41) is 15.9. The second-order valence-electron chi connectivity index (χ2n) is 3.89. The highest BCUT2D eigenvalue weighted by Crippen LogP contribution is 2.33. The summed E-state index contributed by atoms with van der Waals surface area (Å²) in [5.74, 6) is 0.354. The zero-order valence-corrected chi connectivity index (χ0v) is 11.3. The number of hydrogen-bond acceptors (Lipinski definition) is 4. The van der Waals surface area contributed by atoms with Crippen molar-refractivity contribution in [2.75, 3.05) is 5.32 Å². The van der Waals surface area contributed by atoms with Crippen LogP contribution in [0.25, 0.3) is 10.4 Å². The van der Waals surface area contributed by atoms with Gasteiger partial charge in [-0.05, 0) is 35.3 Å². The van der Waals surface area contributed by atoms with Crippen molar-refractivity contribution in [1.29, 1.82) is 5.26 Å². The quantitative estimate of drug-likeness (QED) is 0.506. The van der Waals surface area contributed by atoms with Crippen LogP contribution in [-0.2, 0) is 0 Å². The fourth-order valence-electron chi connectivity index (χ4n) is 1.66. The first-order chi connectivity index (χ1) is 9.67. The molecule has 0 bridgehead atoms. The Morgan fingerprint density at radius 2 is 2.10 bits per heavy atom. The van der Waals surface area contributed by atoms with Crippen molar-refractivity contribution in [2.45, 2.75) is 6.92 Å². The summed E-state index contributed by atoms with van der Waals surface area (Å²) in [7, 11) is 0. The Balaban J connectivity index is 2.55. The lowest BCUT2D eigenvalue weighted by atomic mass is 10.1. The highest BCUT2D eigenvalue weighted by atomic mass is 35.5. The number of rotatable bonds is 3. The van der Waals surface area contributed by atoms with Crippen LogP contribution in [0.4, 0.5) is 17.3 Å². The van der Waals surface area contributed by atoms with Gasteiger partial charge in [-0.25, -0.2) is 4.98 Å². The number of nitriles is 1. The van der Waals surface area contributed by atoms with Crippen molar-refractivity contribution in [3.05, 3.63) is 56.9 Å². The number of anilines is 2. The molecule has 0 aliphatic rings. The summed E-state index contributed by atoms with van der Waals surface area (Å²) in [5.41, 5.74) is 10.0. The molecule has 0 aliphatic heterocycles. The van der Waals surface area contributed by atoms with E-state index in [4.69, 9.17) is 22.4 Å². The SMILES string of the molecule is Cc1c(Cl)c(Nc2ccccc2)nc(N=[N+]=[N-])c1C#N. The van der Waals surface area contributed by atoms with Crippen LogP contribution in [0.5, 0.6) is 0 Å². The van der Waals surface area contributed by atoms with E-state index < -0.39 is 0 Å². The fraction of sp³-hybridized carbons (Fsp3) is 0.0769. The lowest BCUT2D eigenvalue weighted by molar-refractivity contribution is 1.20. The third kappa shape index (κ3) is 2.64. The van der Waals surface area contributed by atoms with Crippen molar-refractivity contribution >= 4 is 28.9 Å². The molecule has 0 amide bonds. The summed E-state index contributed by atoms with van der Waals surface area (Å²) >= 11 is 6.19. The second kappa shape index (κ2) is 5.93. The first-order valence-electron chi connectivity index (χ1n) is 5.64. The van der Waals surface area contributed by atoms with Gasteiger partial charge in [-0.1, -0.05) is 29.8 Å². The van der Waals surface area contributed by atoms with Gasteiger partial charge >= 0.3 is 0 Å². The summed E-state index contributed by atoms with van der Waals surface area (Å²) in [4.78, 5) is 6.78. The van der Waals surface area contributed by atoms with Crippen LogP contribution in [0, 0.1) is 18.3 Å². The number of nitrogens with one attached hydrogen (secondary N) is 1. The fourth-order valence-corrected chi connectivity index (χ4v) is 1.84. The smallest absolute Gasteiger partial charge is 0.150 e. The maximum Gasteiger partial charge on any atom is 0.150 e. The lowest BCUT2D eigenvalue weighted by Gasteiger charge is -2.11. The molecule has 0 radical (unpaired) electrons. The Bertz CT molecular complexity index is 729. The van der Waals surface area contributed by atoms with Gasteiger partial charge in [0.2, 0.25) is 0 Å². The molecular formula is C13H9ClN6. The van der Waals surface area contributed by atoms with Gasteiger partial charge in [0.05, 0.1) is 10.6 Å². The highest BCUT2D eigenvalue weighted by Gasteiger charge is 2.15. The first-order valence-corrected chi connectivity index (χ1v) is 6.02. The van der Waals surface area contributed by atoms with Gasteiger partial charge in [0.1, 0.15) is 17.7 Å². The van der Waals surface area contributed by atoms with E-state index >= 15 is 0 Å². The van der Waals surface area contributed by atoms with Crippen molar-refractivity contribution in [3.8, 4) is 6.07 Å². The predicted octanol–water partition coefficient (Wildman–Crippen LogP) is 4.60. The molecule has 2 rings (SSSR count). The standard InChI is InChI=1S/C13H9ClN6/c1-8-10(7-15)12(19-20-16)18-13(11(8)14)17-9-5-3-2-4-6-9/h2-6H,1H3,(H,17,18). The van der Waals surface area contributed by atoms with Gasteiger partial charge in [-0.15, -0.1) is 0 Å². The highest BCUT2D eigenvalue weighted by molar-refractivity contribution is 6.34. The van der Waals surface area contributed by atoms with Crippen LogP contribution in [0.15, 0.2) is 35.4 Å². The van der Waals surface area contributed by atoms with E-state index in [0.29, 0.717) is 16.4 Å². The van der Waals surface area contributed by atoms with Crippen LogP contribution in [0.1, 0.15) is 11.1 Å². The summed E-state index contributed by atoms with van der Waals surface area (Å²) in [6.07, 6.45) is 0. The molecular weight excluding hydrogens is 276 g/mol. The Morgan fingerprint density at radius 3 is 2.70 bits per heavy atom. The van der Waals surface area contributed by atoms with E-state index in [9.17, 15) is 0 Å². The first kappa shape index (κ1) is 13.7. The molecule has 0 unspecified atom stereocenters. The molecule has 7 heteroatoms. The molecule has 2 aromatic rings. The molecule has 1 N–H and O–H groups in total. The molecule has 0 fully saturated rings. The van der Waals surface area contributed by atoms with Gasteiger partial charge in [0.25, 0.3) is 0 Å². The van der Waals surface area contributed by atoms with Crippen molar-refractivity contribution in [2.24, 2.45) is 5.11 Å². The van der Waals surface area contributed by atoms with Gasteiger partial charge in [0.15, 0.2) is 0 Å². The molecule has 20 heavy (non-hydrogen) atoms. The number of halogens is 1. The summed E-state index contributed by atoms with van der Waals surface area (Å²) in [6.45, 7) is 1.68. The molecule has 6 nitrogen and oxygen atoms in total. The molecule has 0 aliphatic carbocycles. The molecule has 0 atom stereocenters. The van der Waals surface area contributed by atoms with E-state index in [1.54, 1.807) is 6.92 Å². The topological polar surface area (TPSA) is 97.5 Å². The number of hydrogen-bond donors (Lipinski definition) is 1. The minimum absolute atomic E-state index is 0.00957. The van der Waals surface area contributed by atoms with Crippen LogP contribution in [-0.4, -0.2) is 4.98 Å². The molecule has 1 heterocycles. The maximum absolute atomic E-state index is 9.08. The molecule has 98 valence electrons. The maximum atomic E-state index is 9.08. The average molecular weight is 285 g/mol. The van der Waals surface area contributed by atoms with Crippen molar-refractivity contribution in [3.63, 3.8) is 0 Å². The average Bonchev–Trinajstić information content (AvgIpc) is 2.46. The minimum atomic E-state index is 0.00957. The molecule has 0 saturated heterocycles. The van der Waals surface area contributed by atoms with Crippen molar-refractivity contribution in [1.82, 2.24) is 4.98 Å². The number of para-hydroxylation sites is 1. The molecule has 1 aromatic carbocycles. The number of benzene rings is 1. The van der Waals surface area contributed by atoms with E-state index in [-0.39, 0.29) is 11.4 Å². The van der Waals surface area contributed by atoms with Gasteiger partial charge in [0, 0.05) is 10.6 Å². The zero-order valence-electron chi connectivity index (χ0n) is 10.5.